The lowest BCUT2D eigenvalue weighted by atomic mass is 10.1. The number of hydrogen-bond acceptors (Lipinski definition) is 2. The lowest BCUT2D eigenvalue weighted by Gasteiger charge is -2.08. The van der Waals surface area contributed by atoms with Gasteiger partial charge in [0.05, 0.1) is 13.5 Å². The molecule has 126 valence electrons. The number of halogens is 1. The van der Waals surface area contributed by atoms with Crippen molar-refractivity contribution < 1.29 is 13.9 Å². The Kier molecular flexibility index (Phi) is 5.09. The molecule has 3 aromatic rings. The molecule has 0 spiro atoms. The molecule has 0 atom stereocenters. The van der Waals surface area contributed by atoms with Crippen LogP contribution in [0, 0.1) is 5.82 Å². The molecule has 0 saturated carbocycles. The van der Waals surface area contributed by atoms with Crippen LogP contribution in [0.25, 0.3) is 11.1 Å². The van der Waals surface area contributed by atoms with Crippen LogP contribution in [-0.2, 0) is 11.2 Å². The number of hydrogen-bond donors (Lipinski definition) is 1. The Labute approximate surface area is 146 Å². The second-order valence-electron chi connectivity index (χ2n) is 5.64. The van der Waals surface area contributed by atoms with Crippen LogP contribution in [0.15, 0.2) is 72.8 Å². The molecule has 1 amide bonds. The highest BCUT2D eigenvalue weighted by molar-refractivity contribution is 5.92. The predicted molar refractivity (Wildman–Crippen MR) is 97.2 cm³/mol. The van der Waals surface area contributed by atoms with E-state index in [-0.39, 0.29) is 18.1 Å². The van der Waals surface area contributed by atoms with Crippen LogP contribution in [0.1, 0.15) is 5.56 Å². The highest BCUT2D eigenvalue weighted by Gasteiger charge is 2.08. The Morgan fingerprint density at radius 3 is 2.28 bits per heavy atom. The summed E-state index contributed by atoms with van der Waals surface area (Å²) in [6.45, 7) is 0. The molecule has 0 aliphatic carbocycles. The summed E-state index contributed by atoms with van der Waals surface area (Å²) >= 11 is 0. The summed E-state index contributed by atoms with van der Waals surface area (Å²) in [5, 5.41) is 2.82. The van der Waals surface area contributed by atoms with E-state index in [2.05, 4.69) is 5.32 Å². The lowest BCUT2D eigenvalue weighted by Crippen LogP contribution is -2.14. The first-order valence-corrected chi connectivity index (χ1v) is 7.93. The molecule has 1 N–H and O–H groups in total. The van der Waals surface area contributed by atoms with E-state index in [9.17, 15) is 9.18 Å². The van der Waals surface area contributed by atoms with Crippen molar-refractivity contribution in [2.75, 3.05) is 12.4 Å². The minimum absolute atomic E-state index is 0.0986. The Bertz CT molecular complexity index is 861. The molecular formula is C21H18FNO2. The maximum absolute atomic E-state index is 13.7. The number of rotatable bonds is 5. The van der Waals surface area contributed by atoms with Crippen molar-refractivity contribution in [3.63, 3.8) is 0 Å². The maximum atomic E-state index is 13.7. The quantitative estimate of drug-likeness (QED) is 0.735. The van der Waals surface area contributed by atoms with Gasteiger partial charge in [-0.15, -0.1) is 0 Å². The van der Waals surface area contributed by atoms with Crippen molar-refractivity contribution in [3.8, 4) is 16.9 Å². The van der Waals surface area contributed by atoms with Crippen LogP contribution in [0.3, 0.4) is 0 Å². The van der Waals surface area contributed by atoms with Gasteiger partial charge in [0, 0.05) is 5.69 Å². The third kappa shape index (κ3) is 4.23. The van der Waals surface area contributed by atoms with E-state index in [1.54, 1.807) is 6.07 Å². The second kappa shape index (κ2) is 7.62. The molecule has 0 radical (unpaired) electrons. The van der Waals surface area contributed by atoms with Crippen LogP contribution in [-0.4, -0.2) is 13.0 Å². The maximum Gasteiger partial charge on any atom is 0.228 e. The van der Waals surface area contributed by atoms with Crippen molar-refractivity contribution in [2.45, 2.75) is 6.42 Å². The highest BCUT2D eigenvalue weighted by Crippen LogP contribution is 2.21. The van der Waals surface area contributed by atoms with Gasteiger partial charge in [0.1, 0.15) is 0 Å². The second-order valence-corrected chi connectivity index (χ2v) is 5.64. The monoisotopic (exact) mass is 335 g/mol. The topological polar surface area (TPSA) is 38.3 Å². The zero-order chi connectivity index (χ0) is 17.6. The number of benzene rings is 3. The first-order valence-electron chi connectivity index (χ1n) is 7.93. The number of nitrogens with one attached hydrogen (secondary N) is 1. The smallest absolute Gasteiger partial charge is 0.228 e. The van der Waals surface area contributed by atoms with Gasteiger partial charge in [-0.1, -0.05) is 48.5 Å². The molecule has 25 heavy (non-hydrogen) atoms. The van der Waals surface area contributed by atoms with E-state index in [0.717, 1.165) is 11.1 Å². The third-order valence-electron chi connectivity index (χ3n) is 3.86. The molecule has 3 aromatic carbocycles. The minimum atomic E-state index is -0.472. The molecule has 0 aromatic heterocycles. The van der Waals surface area contributed by atoms with Crippen LogP contribution in [0.2, 0.25) is 0 Å². The average Bonchev–Trinajstić information content (AvgIpc) is 2.63. The van der Waals surface area contributed by atoms with Crippen molar-refractivity contribution in [2.24, 2.45) is 0 Å². The molecule has 0 heterocycles. The Hall–Kier alpha value is -3.14. The van der Waals surface area contributed by atoms with Gasteiger partial charge < -0.3 is 10.1 Å². The fraction of sp³-hybridized carbons (Fsp3) is 0.0952. The number of ether oxygens (including phenoxy) is 1. The molecule has 4 heteroatoms. The summed E-state index contributed by atoms with van der Waals surface area (Å²) in [5.41, 5.74) is 3.50. The van der Waals surface area contributed by atoms with Gasteiger partial charge in [0.25, 0.3) is 0 Å². The summed E-state index contributed by atoms with van der Waals surface area (Å²) in [4.78, 5) is 12.1. The Balaban J connectivity index is 1.64. The zero-order valence-electron chi connectivity index (χ0n) is 13.8. The van der Waals surface area contributed by atoms with Crippen LogP contribution in [0.4, 0.5) is 10.1 Å². The van der Waals surface area contributed by atoms with Crippen LogP contribution < -0.4 is 10.1 Å². The Morgan fingerprint density at radius 1 is 0.960 bits per heavy atom. The first kappa shape index (κ1) is 16.7. The lowest BCUT2D eigenvalue weighted by molar-refractivity contribution is -0.115. The van der Waals surface area contributed by atoms with Crippen molar-refractivity contribution in [1.82, 2.24) is 0 Å². The van der Waals surface area contributed by atoms with Gasteiger partial charge in [-0.3, -0.25) is 4.79 Å². The molecule has 0 aliphatic rings. The van der Waals surface area contributed by atoms with Crippen molar-refractivity contribution in [3.05, 3.63) is 84.2 Å². The average molecular weight is 335 g/mol. The molecule has 0 bridgehead atoms. The number of carbonyl (C=O) groups is 1. The standard InChI is InChI=1S/C21H18FNO2/c1-25-20-12-7-15(13-19(20)22)14-21(24)23-18-10-8-17(9-11-18)16-5-3-2-4-6-16/h2-13H,14H2,1H3,(H,23,24). The number of amides is 1. The molecule has 0 aliphatic heterocycles. The van der Waals surface area contributed by atoms with Gasteiger partial charge in [-0.25, -0.2) is 4.39 Å². The molecule has 0 saturated heterocycles. The molecular weight excluding hydrogens is 317 g/mol. The highest BCUT2D eigenvalue weighted by atomic mass is 19.1. The van der Waals surface area contributed by atoms with E-state index in [0.29, 0.717) is 11.3 Å². The number of anilines is 1. The first-order chi connectivity index (χ1) is 12.2. The van der Waals surface area contributed by atoms with Crippen molar-refractivity contribution >= 4 is 11.6 Å². The Morgan fingerprint density at radius 2 is 1.64 bits per heavy atom. The predicted octanol–water partition coefficient (Wildman–Crippen LogP) is 4.68. The summed E-state index contributed by atoms with van der Waals surface area (Å²) < 4.78 is 18.5. The van der Waals surface area contributed by atoms with E-state index in [1.807, 2.05) is 54.6 Å². The zero-order valence-corrected chi connectivity index (χ0v) is 13.8. The summed E-state index contributed by atoms with van der Waals surface area (Å²) in [6.07, 6.45) is 0.0986. The SMILES string of the molecule is COc1ccc(CC(=O)Nc2ccc(-c3ccccc3)cc2)cc1F. The largest absolute Gasteiger partial charge is 0.494 e. The van der Waals surface area contributed by atoms with Gasteiger partial charge in [-0.2, -0.15) is 0 Å². The van der Waals surface area contributed by atoms with Gasteiger partial charge >= 0.3 is 0 Å². The number of methoxy groups -OCH3 is 1. The summed E-state index contributed by atoms with van der Waals surface area (Å²) in [6, 6.07) is 22.2. The molecule has 0 unspecified atom stereocenters. The van der Waals surface area contributed by atoms with Gasteiger partial charge in [-0.05, 0) is 41.0 Å². The van der Waals surface area contributed by atoms with Crippen LogP contribution >= 0.6 is 0 Å². The fourth-order valence-corrected chi connectivity index (χ4v) is 2.59. The van der Waals surface area contributed by atoms with Gasteiger partial charge in [0.2, 0.25) is 5.91 Å². The minimum Gasteiger partial charge on any atom is -0.494 e. The van der Waals surface area contributed by atoms with Crippen molar-refractivity contribution in [1.29, 1.82) is 0 Å². The van der Waals surface area contributed by atoms with Crippen LogP contribution in [0.5, 0.6) is 5.75 Å². The van der Waals surface area contributed by atoms with Gasteiger partial charge in [0.15, 0.2) is 11.6 Å². The number of carbonyl (C=O) groups excluding carboxylic acids is 1. The molecule has 0 fully saturated rings. The van der Waals surface area contributed by atoms with E-state index < -0.39 is 5.82 Å². The molecule has 3 rings (SSSR count). The van der Waals surface area contributed by atoms with E-state index in [1.165, 1.54) is 19.2 Å². The van der Waals surface area contributed by atoms with E-state index >= 15 is 0 Å². The summed E-state index contributed by atoms with van der Waals surface area (Å²) in [7, 11) is 1.41. The summed E-state index contributed by atoms with van der Waals surface area (Å²) in [5.74, 6) is -0.502. The van der Waals surface area contributed by atoms with E-state index in [4.69, 9.17) is 4.74 Å². The fourth-order valence-electron chi connectivity index (χ4n) is 2.59. The molecule has 3 nitrogen and oxygen atoms in total. The third-order valence-corrected chi connectivity index (χ3v) is 3.86. The normalized spacial score (nSPS) is 10.3.